The summed E-state index contributed by atoms with van der Waals surface area (Å²) in [6, 6.07) is 0. The first-order chi connectivity index (χ1) is 7.29. The maximum atomic E-state index is 12.1. The maximum Gasteiger partial charge on any atom is 0.313 e. The van der Waals surface area contributed by atoms with Crippen LogP contribution < -0.4 is 0 Å². The minimum absolute atomic E-state index is 0.0566. The van der Waals surface area contributed by atoms with Crippen LogP contribution in [0.4, 0.5) is 0 Å². The van der Waals surface area contributed by atoms with Gasteiger partial charge in [0.2, 0.25) is 0 Å². The third kappa shape index (κ3) is 1.07. The average molecular weight is 419 g/mol. The molecule has 0 amide bonds. The number of methoxy groups -OCH3 is 1. The molecule has 3 aliphatic rings. The molecular weight excluding hydrogens is 404 g/mol. The van der Waals surface area contributed by atoms with E-state index in [1.165, 1.54) is 7.11 Å². The lowest BCUT2D eigenvalue weighted by molar-refractivity contribution is -0.183. The van der Waals surface area contributed by atoms with Crippen LogP contribution in [0.3, 0.4) is 0 Å². The van der Waals surface area contributed by atoms with Gasteiger partial charge >= 0.3 is 5.97 Å². The van der Waals surface area contributed by atoms with Crippen molar-refractivity contribution in [2.45, 2.75) is 35.3 Å². The molecule has 0 aromatic heterocycles. The number of hydrogen-bond acceptors (Lipinski definition) is 2. The van der Waals surface area contributed by atoms with Crippen molar-refractivity contribution in [2.24, 2.45) is 16.2 Å². The molecule has 0 saturated heterocycles. The van der Waals surface area contributed by atoms with Crippen LogP contribution in [0.2, 0.25) is 0 Å². The minimum Gasteiger partial charge on any atom is -0.469 e. The fourth-order valence-electron chi connectivity index (χ4n) is 3.83. The largest absolute Gasteiger partial charge is 0.469 e. The highest BCUT2D eigenvalue weighted by molar-refractivity contribution is 9.24. The highest BCUT2D eigenvalue weighted by atomic mass is 79.9. The third-order valence-electron chi connectivity index (χ3n) is 5.04. The van der Waals surface area contributed by atoms with Crippen LogP contribution in [-0.2, 0) is 9.53 Å². The molecule has 2 bridgehead atoms. The molecule has 5 heteroatoms. The smallest absolute Gasteiger partial charge is 0.313 e. The highest BCUT2D eigenvalue weighted by Crippen LogP contribution is 2.82. The fraction of sp³-hybridized carbons (Fsp3) is 0.909. The van der Waals surface area contributed by atoms with E-state index in [0.29, 0.717) is 0 Å². The van der Waals surface area contributed by atoms with Crippen molar-refractivity contribution in [3.8, 4) is 0 Å². The van der Waals surface area contributed by atoms with Gasteiger partial charge in [0, 0.05) is 10.2 Å². The second-order valence-corrected chi connectivity index (χ2v) is 9.27. The van der Waals surface area contributed by atoms with Crippen LogP contribution >= 0.6 is 47.8 Å². The fourth-order valence-corrected chi connectivity index (χ4v) is 8.72. The van der Waals surface area contributed by atoms with Gasteiger partial charge in [-0.1, -0.05) is 61.6 Å². The molecule has 0 aromatic carbocycles. The molecule has 16 heavy (non-hydrogen) atoms. The van der Waals surface area contributed by atoms with Crippen LogP contribution in [0, 0.1) is 16.2 Å². The Bertz CT molecular complexity index is 342. The summed E-state index contributed by atoms with van der Waals surface area (Å²) in [6.07, 6.45) is 1.93. The molecule has 3 rings (SSSR count). The molecule has 3 aliphatic carbocycles. The van der Waals surface area contributed by atoms with Gasteiger partial charge in [0.05, 0.1) is 16.3 Å². The predicted octanol–water partition coefficient (Wildman–Crippen LogP) is 3.85. The van der Waals surface area contributed by atoms with Gasteiger partial charge in [-0.2, -0.15) is 0 Å². The monoisotopic (exact) mass is 416 g/mol. The van der Waals surface area contributed by atoms with Crippen LogP contribution in [0.15, 0.2) is 0 Å². The molecule has 0 aliphatic heterocycles. The number of carbonyl (C=O) groups is 1. The zero-order chi connectivity index (χ0) is 12.4. The number of esters is 1. The standard InChI is InChI=1S/C11H15Br3O2/c1-9(2)10(7(13)14)4-5-11(9,6(10)12)8(15)16-3/h6-7H,4-5H2,1-3H3. The van der Waals surface area contributed by atoms with Crippen LogP contribution in [0.5, 0.6) is 0 Å². The first-order valence-electron chi connectivity index (χ1n) is 5.29. The Labute approximate surface area is 121 Å². The van der Waals surface area contributed by atoms with Crippen molar-refractivity contribution in [3.05, 3.63) is 0 Å². The number of alkyl halides is 3. The summed E-state index contributed by atoms with van der Waals surface area (Å²) in [5.74, 6) is -0.0758. The van der Waals surface area contributed by atoms with E-state index in [4.69, 9.17) is 4.74 Å². The Morgan fingerprint density at radius 1 is 1.38 bits per heavy atom. The summed E-state index contributed by atoms with van der Waals surface area (Å²) in [6.45, 7) is 4.34. The number of halogens is 3. The first-order valence-corrected chi connectivity index (χ1v) is 8.04. The van der Waals surface area contributed by atoms with Crippen molar-refractivity contribution in [2.75, 3.05) is 7.11 Å². The van der Waals surface area contributed by atoms with Crippen molar-refractivity contribution in [3.63, 3.8) is 0 Å². The molecule has 0 heterocycles. The summed E-state index contributed by atoms with van der Waals surface area (Å²) in [5, 5.41) is 0. The Balaban J connectivity index is 2.46. The Hall–Kier alpha value is 0.910. The van der Waals surface area contributed by atoms with Crippen LogP contribution in [0.1, 0.15) is 26.7 Å². The van der Waals surface area contributed by atoms with Crippen LogP contribution in [-0.4, -0.2) is 21.6 Å². The summed E-state index contributed by atoms with van der Waals surface area (Å²) in [4.78, 5) is 12.3. The van der Waals surface area contributed by atoms with E-state index in [1.54, 1.807) is 0 Å². The molecule has 3 saturated carbocycles. The second kappa shape index (κ2) is 3.70. The predicted molar refractivity (Wildman–Crippen MR) is 74.3 cm³/mol. The summed E-state index contributed by atoms with van der Waals surface area (Å²) >= 11 is 11.0. The highest BCUT2D eigenvalue weighted by Gasteiger charge is 2.84. The lowest BCUT2D eigenvalue weighted by Crippen LogP contribution is -2.70. The zero-order valence-electron chi connectivity index (χ0n) is 9.52. The van der Waals surface area contributed by atoms with Crippen LogP contribution in [0.25, 0.3) is 0 Å². The topological polar surface area (TPSA) is 26.3 Å². The van der Waals surface area contributed by atoms with Gasteiger partial charge in [-0.05, 0) is 18.3 Å². The van der Waals surface area contributed by atoms with Gasteiger partial charge in [0.25, 0.3) is 0 Å². The minimum atomic E-state index is -0.360. The summed E-state index contributed by atoms with van der Waals surface area (Å²) in [5.41, 5.74) is -0.332. The number of rotatable bonds is 2. The number of carbonyl (C=O) groups excluding carboxylic acids is 1. The average Bonchev–Trinajstić information content (AvgIpc) is 2.66. The summed E-state index contributed by atoms with van der Waals surface area (Å²) in [7, 11) is 1.48. The lowest BCUT2D eigenvalue weighted by Gasteiger charge is -2.65. The van der Waals surface area contributed by atoms with E-state index < -0.39 is 0 Å². The van der Waals surface area contributed by atoms with Gasteiger partial charge in [0.1, 0.15) is 0 Å². The van der Waals surface area contributed by atoms with E-state index in [9.17, 15) is 4.79 Å². The molecule has 3 unspecified atom stereocenters. The molecule has 0 N–H and O–H groups in total. The molecule has 2 nitrogen and oxygen atoms in total. The molecule has 3 atom stereocenters. The SMILES string of the molecule is COC(=O)C12CCC(C(Br)Br)(C1Br)C2(C)C. The van der Waals surface area contributed by atoms with E-state index >= 15 is 0 Å². The van der Waals surface area contributed by atoms with E-state index in [1.807, 2.05) is 0 Å². The Morgan fingerprint density at radius 2 is 1.94 bits per heavy atom. The van der Waals surface area contributed by atoms with Gasteiger partial charge in [-0.3, -0.25) is 4.79 Å². The maximum absolute atomic E-state index is 12.1. The second-order valence-electron chi connectivity index (χ2n) is 5.29. The number of fused-ring (bicyclic) bond motifs is 1. The Morgan fingerprint density at radius 3 is 2.25 bits per heavy atom. The van der Waals surface area contributed by atoms with Gasteiger partial charge in [-0.15, -0.1) is 0 Å². The zero-order valence-corrected chi connectivity index (χ0v) is 14.3. The molecule has 0 spiro atoms. The molecule has 0 aromatic rings. The number of ether oxygens (including phenoxy) is 1. The van der Waals surface area contributed by atoms with Crippen molar-refractivity contribution >= 4 is 53.8 Å². The lowest BCUT2D eigenvalue weighted by atomic mass is 9.43. The molecule has 3 fully saturated rings. The van der Waals surface area contributed by atoms with Gasteiger partial charge in [-0.25, -0.2) is 0 Å². The molecular formula is C11H15Br3O2. The normalized spacial score (nSPS) is 44.3. The third-order valence-corrected chi connectivity index (χ3v) is 8.27. The van der Waals surface area contributed by atoms with Gasteiger partial charge < -0.3 is 4.74 Å². The van der Waals surface area contributed by atoms with Crippen molar-refractivity contribution < 1.29 is 9.53 Å². The van der Waals surface area contributed by atoms with E-state index in [2.05, 4.69) is 61.6 Å². The summed E-state index contributed by atoms with van der Waals surface area (Å²) < 4.78 is 5.22. The van der Waals surface area contributed by atoms with Crippen molar-refractivity contribution in [1.82, 2.24) is 0 Å². The first kappa shape index (κ1) is 13.3. The van der Waals surface area contributed by atoms with Crippen molar-refractivity contribution in [1.29, 1.82) is 0 Å². The quantitative estimate of drug-likeness (QED) is 0.503. The number of hydrogen-bond donors (Lipinski definition) is 0. The van der Waals surface area contributed by atoms with E-state index in [-0.39, 0.29) is 30.8 Å². The van der Waals surface area contributed by atoms with E-state index in [0.717, 1.165) is 12.8 Å². The van der Waals surface area contributed by atoms with Gasteiger partial charge in [0.15, 0.2) is 0 Å². The molecule has 92 valence electrons. The molecule has 0 radical (unpaired) electrons. The Kier molecular flexibility index (Phi) is 3.09.